The Balaban J connectivity index is 1.51. The van der Waals surface area contributed by atoms with Crippen molar-refractivity contribution in [2.45, 2.75) is 38.3 Å². The second-order valence-corrected chi connectivity index (χ2v) is 12.6. The molecule has 212 valence electrons. The number of imidazole rings is 1. The van der Waals surface area contributed by atoms with Crippen molar-refractivity contribution in [3.63, 3.8) is 0 Å². The van der Waals surface area contributed by atoms with Gasteiger partial charge in [-0.2, -0.15) is 4.31 Å². The number of hydrogen-bond donors (Lipinski definition) is 1. The summed E-state index contributed by atoms with van der Waals surface area (Å²) in [5.41, 5.74) is 2.79. The molecule has 0 radical (unpaired) electrons. The molecule has 0 bridgehead atoms. The molecule has 2 aromatic carbocycles. The first-order chi connectivity index (χ1) is 19.3. The molecule has 3 heterocycles. The molecule has 2 atom stereocenters. The monoisotopic (exact) mass is 565 g/mol. The number of sulfonamides is 1. The molecule has 1 aromatic heterocycles. The standard InChI is InChI=1S/C29H35N5O5S/c1-2-40(38,39)32-15-9-14-24(20-32)34-21-30-26(27(34)23-12-7-4-8-13-23)28(35)33-17-16-31(29(36)37)19-25(33)18-22-10-5-3-6-11-22/h3-8,10-13,21,24-25H,2,9,14-20H2,1H3,(H,36,37)/t24?,25-/m1/s1. The minimum atomic E-state index is -3.34. The van der Waals surface area contributed by atoms with Crippen molar-refractivity contribution in [1.82, 2.24) is 23.7 Å². The van der Waals surface area contributed by atoms with Gasteiger partial charge in [0.1, 0.15) is 0 Å². The Labute approximate surface area is 234 Å². The lowest BCUT2D eigenvalue weighted by molar-refractivity contribution is 0.0447. The van der Waals surface area contributed by atoms with E-state index in [0.717, 1.165) is 24.0 Å². The average Bonchev–Trinajstić information content (AvgIpc) is 3.43. The maximum atomic E-state index is 14.2. The zero-order valence-corrected chi connectivity index (χ0v) is 23.4. The highest BCUT2D eigenvalue weighted by atomic mass is 32.2. The van der Waals surface area contributed by atoms with E-state index in [-0.39, 0.29) is 43.4 Å². The van der Waals surface area contributed by atoms with Crippen LogP contribution in [-0.4, -0.2) is 93.7 Å². The van der Waals surface area contributed by atoms with Gasteiger partial charge in [-0.3, -0.25) is 4.79 Å². The Morgan fingerprint density at radius 1 is 0.975 bits per heavy atom. The van der Waals surface area contributed by atoms with Gasteiger partial charge in [0.05, 0.1) is 23.8 Å². The van der Waals surface area contributed by atoms with E-state index in [2.05, 4.69) is 4.98 Å². The van der Waals surface area contributed by atoms with Crippen LogP contribution in [0.5, 0.6) is 0 Å². The smallest absolute Gasteiger partial charge is 0.407 e. The molecule has 2 aliphatic heterocycles. The van der Waals surface area contributed by atoms with Crippen LogP contribution in [0.4, 0.5) is 4.79 Å². The van der Waals surface area contributed by atoms with Crippen LogP contribution in [0.1, 0.15) is 41.9 Å². The number of piperidine rings is 1. The first kappa shape index (κ1) is 27.9. The van der Waals surface area contributed by atoms with Gasteiger partial charge in [-0.1, -0.05) is 60.7 Å². The van der Waals surface area contributed by atoms with Crippen LogP contribution in [0.25, 0.3) is 11.3 Å². The normalized spacial score (nSPS) is 20.4. The molecule has 2 aliphatic rings. The molecule has 1 N–H and O–H groups in total. The summed E-state index contributed by atoms with van der Waals surface area (Å²) in [4.78, 5) is 33.7. The fraction of sp³-hybridized carbons (Fsp3) is 0.414. The first-order valence-corrected chi connectivity index (χ1v) is 15.3. The maximum absolute atomic E-state index is 14.2. The van der Waals surface area contributed by atoms with Gasteiger partial charge in [-0.15, -0.1) is 0 Å². The van der Waals surface area contributed by atoms with Crippen LogP contribution < -0.4 is 0 Å². The molecule has 40 heavy (non-hydrogen) atoms. The lowest BCUT2D eigenvalue weighted by Crippen LogP contribution is -2.57. The van der Waals surface area contributed by atoms with Gasteiger partial charge in [0.25, 0.3) is 5.91 Å². The molecule has 11 heteroatoms. The van der Waals surface area contributed by atoms with Crippen LogP contribution in [-0.2, 0) is 16.4 Å². The third-order valence-corrected chi connectivity index (χ3v) is 9.73. The Kier molecular flexibility index (Phi) is 8.22. The number of amides is 2. The van der Waals surface area contributed by atoms with Crippen molar-refractivity contribution >= 4 is 22.0 Å². The topological polar surface area (TPSA) is 116 Å². The number of piperazine rings is 1. The number of benzene rings is 2. The van der Waals surface area contributed by atoms with Gasteiger partial charge in [0.15, 0.2) is 5.69 Å². The Hall–Kier alpha value is -3.70. The highest BCUT2D eigenvalue weighted by Gasteiger charge is 2.37. The summed E-state index contributed by atoms with van der Waals surface area (Å²) in [6.07, 6.45) is 2.67. The molecule has 0 aliphatic carbocycles. The van der Waals surface area contributed by atoms with Crippen molar-refractivity contribution in [3.8, 4) is 11.3 Å². The van der Waals surface area contributed by atoms with Crippen molar-refractivity contribution in [2.24, 2.45) is 0 Å². The van der Waals surface area contributed by atoms with E-state index in [9.17, 15) is 23.1 Å². The largest absolute Gasteiger partial charge is 0.465 e. The summed E-state index contributed by atoms with van der Waals surface area (Å²) >= 11 is 0. The van der Waals surface area contributed by atoms with Gasteiger partial charge in [0, 0.05) is 44.3 Å². The van der Waals surface area contributed by atoms with E-state index in [0.29, 0.717) is 30.9 Å². The molecule has 0 saturated carbocycles. The Bertz CT molecular complexity index is 1440. The number of rotatable bonds is 7. The van der Waals surface area contributed by atoms with E-state index in [1.165, 1.54) is 4.90 Å². The number of carboxylic acid groups (broad SMARTS) is 1. The molecule has 5 rings (SSSR count). The fourth-order valence-corrected chi connectivity index (χ4v) is 6.92. The van der Waals surface area contributed by atoms with Crippen molar-refractivity contribution in [1.29, 1.82) is 0 Å². The lowest BCUT2D eigenvalue weighted by atomic mass is 10.0. The molecular formula is C29H35N5O5S. The molecule has 2 saturated heterocycles. The molecule has 0 spiro atoms. The predicted octanol–water partition coefficient (Wildman–Crippen LogP) is 3.58. The molecule has 3 aromatic rings. The van der Waals surface area contributed by atoms with Crippen molar-refractivity contribution < 1.29 is 23.1 Å². The molecule has 10 nitrogen and oxygen atoms in total. The number of carbonyl (C=O) groups is 2. The molecular weight excluding hydrogens is 530 g/mol. The summed E-state index contributed by atoms with van der Waals surface area (Å²) in [7, 11) is -3.34. The first-order valence-electron chi connectivity index (χ1n) is 13.7. The second kappa shape index (κ2) is 11.8. The van der Waals surface area contributed by atoms with Crippen molar-refractivity contribution in [2.75, 3.05) is 38.5 Å². The summed E-state index contributed by atoms with van der Waals surface area (Å²) in [6.45, 7) is 3.16. The van der Waals surface area contributed by atoms with Gasteiger partial charge in [0.2, 0.25) is 10.0 Å². The number of aromatic nitrogens is 2. The Morgan fingerprint density at radius 2 is 1.68 bits per heavy atom. The maximum Gasteiger partial charge on any atom is 0.407 e. The fourth-order valence-electron chi connectivity index (χ4n) is 5.75. The van der Waals surface area contributed by atoms with Crippen LogP contribution in [0.3, 0.4) is 0 Å². The van der Waals surface area contributed by atoms with Gasteiger partial charge in [-0.25, -0.2) is 18.2 Å². The third kappa shape index (κ3) is 5.75. The lowest BCUT2D eigenvalue weighted by Gasteiger charge is -2.40. The molecule has 2 fully saturated rings. The van der Waals surface area contributed by atoms with Crippen molar-refractivity contribution in [3.05, 3.63) is 78.2 Å². The van der Waals surface area contributed by atoms with Crippen LogP contribution in [0, 0.1) is 0 Å². The molecule has 1 unspecified atom stereocenters. The van der Waals surface area contributed by atoms with Crippen LogP contribution >= 0.6 is 0 Å². The summed E-state index contributed by atoms with van der Waals surface area (Å²) in [6, 6.07) is 18.8. The van der Waals surface area contributed by atoms with Crippen LogP contribution in [0.2, 0.25) is 0 Å². The van der Waals surface area contributed by atoms with E-state index in [1.807, 2.05) is 65.2 Å². The average molecular weight is 566 g/mol. The number of hydrogen-bond acceptors (Lipinski definition) is 5. The van der Waals surface area contributed by atoms with E-state index >= 15 is 0 Å². The highest BCUT2D eigenvalue weighted by molar-refractivity contribution is 7.89. The minimum Gasteiger partial charge on any atom is -0.465 e. The Morgan fingerprint density at radius 3 is 2.35 bits per heavy atom. The summed E-state index contributed by atoms with van der Waals surface area (Å²) in [5, 5.41) is 9.66. The zero-order chi connectivity index (χ0) is 28.3. The zero-order valence-electron chi connectivity index (χ0n) is 22.6. The SMILES string of the molecule is CCS(=O)(=O)N1CCCC(n2cnc(C(=O)N3CCN(C(=O)O)C[C@H]3Cc3ccccc3)c2-c2ccccc2)C1. The van der Waals surface area contributed by atoms with Gasteiger partial charge in [-0.05, 0) is 31.7 Å². The predicted molar refractivity (Wildman–Crippen MR) is 152 cm³/mol. The van der Waals surface area contributed by atoms with Crippen LogP contribution in [0.15, 0.2) is 67.0 Å². The highest BCUT2D eigenvalue weighted by Crippen LogP contribution is 2.33. The molecule has 2 amide bonds. The van der Waals surface area contributed by atoms with E-state index in [4.69, 9.17) is 0 Å². The minimum absolute atomic E-state index is 0.0457. The second-order valence-electron chi connectivity index (χ2n) is 10.3. The number of carbonyl (C=O) groups excluding carboxylic acids is 1. The third-order valence-electron chi connectivity index (χ3n) is 7.88. The summed E-state index contributed by atoms with van der Waals surface area (Å²) < 4.78 is 28.8. The van der Waals surface area contributed by atoms with Gasteiger partial charge < -0.3 is 19.5 Å². The number of nitrogens with zero attached hydrogens (tertiary/aromatic N) is 5. The van der Waals surface area contributed by atoms with Gasteiger partial charge >= 0.3 is 6.09 Å². The summed E-state index contributed by atoms with van der Waals surface area (Å²) in [5.74, 6) is -0.207. The van der Waals surface area contributed by atoms with E-state index < -0.39 is 16.1 Å². The van der Waals surface area contributed by atoms with E-state index in [1.54, 1.807) is 22.5 Å². The quantitative estimate of drug-likeness (QED) is 0.468.